The van der Waals surface area contributed by atoms with Gasteiger partial charge in [-0.1, -0.05) is 11.6 Å². The van der Waals surface area contributed by atoms with Gasteiger partial charge in [0, 0.05) is 11.1 Å². The normalized spacial score (nSPS) is 16.0. The second-order valence-corrected chi connectivity index (χ2v) is 5.23. The number of thioether (sulfide) groups is 1. The molecule has 0 radical (unpaired) electrons. The SMILES string of the molecule is CN1CN=C(Sc2ccc(Cl)cc2[N+](=O)[O-])NC1. The summed E-state index contributed by atoms with van der Waals surface area (Å²) in [6, 6.07) is 4.61. The molecule has 1 heterocycles. The number of benzene rings is 1. The van der Waals surface area contributed by atoms with Gasteiger partial charge in [0.2, 0.25) is 0 Å². The molecule has 0 unspecified atom stereocenters. The smallest absolute Gasteiger partial charge is 0.284 e. The van der Waals surface area contributed by atoms with Gasteiger partial charge in [0.25, 0.3) is 5.69 Å². The minimum absolute atomic E-state index is 0.00377. The van der Waals surface area contributed by atoms with E-state index in [1.165, 1.54) is 17.8 Å². The molecular weight excluding hydrogens is 276 g/mol. The quantitative estimate of drug-likeness (QED) is 0.666. The van der Waals surface area contributed by atoms with Crippen LogP contribution in [0.4, 0.5) is 5.69 Å². The third-order valence-corrected chi connectivity index (χ3v) is 3.55. The summed E-state index contributed by atoms with van der Waals surface area (Å²) < 4.78 is 0. The molecule has 1 aliphatic rings. The molecule has 0 amide bonds. The van der Waals surface area contributed by atoms with Crippen LogP contribution in [-0.2, 0) is 0 Å². The molecule has 8 heteroatoms. The van der Waals surface area contributed by atoms with E-state index in [4.69, 9.17) is 11.6 Å². The Morgan fingerprint density at radius 3 is 3.00 bits per heavy atom. The number of nitro groups is 1. The fraction of sp³-hybridized carbons (Fsp3) is 0.300. The maximum atomic E-state index is 10.9. The first kappa shape index (κ1) is 13.1. The third-order valence-electron chi connectivity index (χ3n) is 2.28. The van der Waals surface area contributed by atoms with Gasteiger partial charge in [0.15, 0.2) is 5.17 Å². The molecule has 0 aromatic heterocycles. The number of rotatable bonds is 2. The highest BCUT2D eigenvalue weighted by Gasteiger charge is 2.18. The molecule has 1 aromatic rings. The van der Waals surface area contributed by atoms with Crippen LogP contribution in [0.15, 0.2) is 28.1 Å². The number of nitro benzene ring substituents is 1. The topological polar surface area (TPSA) is 70.8 Å². The summed E-state index contributed by atoms with van der Waals surface area (Å²) in [7, 11) is 1.93. The maximum absolute atomic E-state index is 10.9. The zero-order valence-electron chi connectivity index (χ0n) is 9.59. The molecule has 2 rings (SSSR count). The number of aliphatic imine (C=N–C) groups is 1. The Balaban J connectivity index is 2.21. The van der Waals surface area contributed by atoms with Crippen molar-refractivity contribution >= 4 is 34.2 Å². The van der Waals surface area contributed by atoms with Crippen molar-refractivity contribution in [2.45, 2.75) is 4.90 Å². The van der Waals surface area contributed by atoms with Crippen LogP contribution >= 0.6 is 23.4 Å². The minimum Gasteiger partial charge on any atom is -0.352 e. The Kier molecular flexibility index (Phi) is 4.05. The largest absolute Gasteiger partial charge is 0.352 e. The predicted molar refractivity (Wildman–Crippen MR) is 72.0 cm³/mol. The van der Waals surface area contributed by atoms with Crippen molar-refractivity contribution in [1.29, 1.82) is 0 Å². The van der Waals surface area contributed by atoms with Crippen molar-refractivity contribution in [2.75, 3.05) is 20.4 Å². The third kappa shape index (κ3) is 3.12. The minimum atomic E-state index is -0.441. The molecule has 1 aliphatic heterocycles. The van der Waals surface area contributed by atoms with E-state index in [1.54, 1.807) is 12.1 Å². The Morgan fingerprint density at radius 2 is 2.39 bits per heavy atom. The van der Waals surface area contributed by atoms with E-state index in [0.29, 0.717) is 28.4 Å². The van der Waals surface area contributed by atoms with Crippen LogP contribution in [0, 0.1) is 10.1 Å². The first-order valence-electron chi connectivity index (χ1n) is 5.15. The van der Waals surface area contributed by atoms with E-state index in [2.05, 4.69) is 10.3 Å². The molecule has 6 nitrogen and oxygen atoms in total. The van der Waals surface area contributed by atoms with Crippen molar-refractivity contribution in [3.05, 3.63) is 33.3 Å². The molecule has 18 heavy (non-hydrogen) atoms. The highest BCUT2D eigenvalue weighted by atomic mass is 35.5. The molecule has 0 aliphatic carbocycles. The average molecular weight is 287 g/mol. The Bertz CT molecular complexity index is 509. The number of halogens is 1. The second kappa shape index (κ2) is 5.55. The predicted octanol–water partition coefficient (Wildman–Crippen LogP) is 2.15. The Morgan fingerprint density at radius 1 is 1.61 bits per heavy atom. The van der Waals surface area contributed by atoms with Crippen molar-refractivity contribution < 1.29 is 4.92 Å². The summed E-state index contributed by atoms with van der Waals surface area (Å²) in [4.78, 5) is 17.3. The van der Waals surface area contributed by atoms with E-state index in [9.17, 15) is 10.1 Å². The molecule has 0 bridgehead atoms. The Labute approximate surface area is 113 Å². The average Bonchev–Trinajstić information content (AvgIpc) is 2.34. The van der Waals surface area contributed by atoms with Crippen LogP contribution in [0.1, 0.15) is 0 Å². The van der Waals surface area contributed by atoms with Gasteiger partial charge in [-0.05, 0) is 30.9 Å². The lowest BCUT2D eigenvalue weighted by Crippen LogP contribution is -2.39. The summed E-state index contributed by atoms with van der Waals surface area (Å²) in [6.07, 6.45) is 0. The highest BCUT2D eigenvalue weighted by molar-refractivity contribution is 8.14. The molecular formula is C10H11ClN4O2S. The zero-order chi connectivity index (χ0) is 13.1. The van der Waals surface area contributed by atoms with Crippen molar-refractivity contribution in [2.24, 2.45) is 4.99 Å². The van der Waals surface area contributed by atoms with Crippen LogP contribution in [0.25, 0.3) is 0 Å². The molecule has 0 atom stereocenters. The fourth-order valence-electron chi connectivity index (χ4n) is 1.39. The van der Waals surface area contributed by atoms with Crippen LogP contribution in [0.3, 0.4) is 0 Å². The van der Waals surface area contributed by atoms with Gasteiger partial charge in [-0.25, -0.2) is 4.99 Å². The first-order valence-corrected chi connectivity index (χ1v) is 6.34. The van der Waals surface area contributed by atoms with Gasteiger partial charge in [0.1, 0.15) is 0 Å². The van der Waals surface area contributed by atoms with Gasteiger partial charge in [-0.3, -0.25) is 15.0 Å². The van der Waals surface area contributed by atoms with E-state index in [-0.39, 0.29) is 5.69 Å². The number of hydrogen-bond acceptors (Lipinski definition) is 6. The van der Waals surface area contributed by atoms with Crippen LogP contribution in [-0.4, -0.2) is 35.4 Å². The zero-order valence-corrected chi connectivity index (χ0v) is 11.2. The summed E-state index contributed by atoms with van der Waals surface area (Å²) in [5.74, 6) is 0. The van der Waals surface area contributed by atoms with Gasteiger partial charge >= 0.3 is 0 Å². The molecule has 1 N–H and O–H groups in total. The van der Waals surface area contributed by atoms with Crippen LogP contribution in [0.2, 0.25) is 5.02 Å². The molecule has 0 spiro atoms. The van der Waals surface area contributed by atoms with E-state index in [1.807, 2.05) is 11.9 Å². The summed E-state index contributed by atoms with van der Waals surface area (Å²) >= 11 is 7.00. The van der Waals surface area contributed by atoms with Gasteiger partial charge < -0.3 is 5.32 Å². The second-order valence-electron chi connectivity index (χ2n) is 3.77. The van der Waals surface area contributed by atoms with Crippen molar-refractivity contribution in [1.82, 2.24) is 10.2 Å². The molecule has 1 aromatic carbocycles. The molecule has 0 saturated heterocycles. The fourth-order valence-corrected chi connectivity index (χ4v) is 2.39. The van der Waals surface area contributed by atoms with Crippen molar-refractivity contribution in [3.8, 4) is 0 Å². The summed E-state index contributed by atoms with van der Waals surface area (Å²) in [5.41, 5.74) is -0.00377. The van der Waals surface area contributed by atoms with Crippen LogP contribution < -0.4 is 5.32 Å². The summed E-state index contributed by atoms with van der Waals surface area (Å²) in [5, 5.41) is 15.0. The van der Waals surface area contributed by atoms with E-state index >= 15 is 0 Å². The lowest BCUT2D eigenvalue weighted by Gasteiger charge is -2.22. The lowest BCUT2D eigenvalue weighted by atomic mass is 10.3. The number of amidine groups is 1. The van der Waals surface area contributed by atoms with Gasteiger partial charge in [0.05, 0.1) is 23.2 Å². The maximum Gasteiger partial charge on any atom is 0.284 e. The van der Waals surface area contributed by atoms with E-state index < -0.39 is 4.92 Å². The van der Waals surface area contributed by atoms with Crippen LogP contribution in [0.5, 0.6) is 0 Å². The first-order chi connectivity index (χ1) is 8.56. The highest BCUT2D eigenvalue weighted by Crippen LogP contribution is 2.32. The van der Waals surface area contributed by atoms with Gasteiger partial charge in [-0.2, -0.15) is 0 Å². The lowest BCUT2D eigenvalue weighted by molar-refractivity contribution is -0.387. The number of nitrogens with zero attached hydrogens (tertiary/aromatic N) is 3. The summed E-state index contributed by atoms with van der Waals surface area (Å²) in [6.45, 7) is 1.25. The number of nitrogens with one attached hydrogen (secondary N) is 1. The monoisotopic (exact) mass is 286 g/mol. The Hall–Kier alpha value is -1.31. The molecule has 0 fully saturated rings. The standard InChI is InChI=1S/C10H11ClN4O2S/c1-14-5-12-10(13-6-14)18-9-3-2-7(11)4-8(9)15(16)17/h2-4H,5-6H2,1H3,(H,12,13). The van der Waals surface area contributed by atoms with Crippen molar-refractivity contribution in [3.63, 3.8) is 0 Å². The van der Waals surface area contributed by atoms with Gasteiger partial charge in [-0.15, -0.1) is 0 Å². The number of hydrogen-bond donors (Lipinski definition) is 1. The molecule has 0 saturated carbocycles. The van der Waals surface area contributed by atoms with E-state index in [0.717, 1.165) is 0 Å². The molecule has 96 valence electrons.